The van der Waals surface area contributed by atoms with Gasteiger partial charge >= 0.3 is 6.18 Å². The minimum atomic E-state index is -4.41. The smallest absolute Gasteiger partial charge is 0.354 e. The molecule has 2 saturated heterocycles. The highest BCUT2D eigenvalue weighted by Gasteiger charge is 2.36. The van der Waals surface area contributed by atoms with Gasteiger partial charge in [0, 0.05) is 45.5 Å². The third kappa shape index (κ3) is 4.66. The van der Waals surface area contributed by atoms with Gasteiger partial charge in [0.2, 0.25) is 5.91 Å². The second kappa shape index (κ2) is 8.24. The monoisotopic (exact) mass is 370 g/mol. The van der Waals surface area contributed by atoms with E-state index in [0.717, 1.165) is 32.0 Å². The lowest BCUT2D eigenvalue weighted by Gasteiger charge is -2.36. The lowest BCUT2D eigenvalue weighted by atomic mass is 10.2. The number of aromatic nitrogens is 1. The average molecular weight is 370 g/mol. The Labute approximate surface area is 151 Å². The Kier molecular flexibility index (Phi) is 6.01. The molecule has 0 aromatic carbocycles. The van der Waals surface area contributed by atoms with Gasteiger partial charge in [-0.25, -0.2) is 4.98 Å². The Bertz CT molecular complexity index is 607. The summed E-state index contributed by atoms with van der Waals surface area (Å²) in [6.45, 7) is 3.99. The number of carbonyl (C=O) groups excluding carboxylic acids is 1. The molecule has 2 aliphatic heterocycles. The highest BCUT2D eigenvalue weighted by Crippen LogP contribution is 2.35. The van der Waals surface area contributed by atoms with Gasteiger partial charge in [-0.3, -0.25) is 9.69 Å². The van der Waals surface area contributed by atoms with Crippen molar-refractivity contribution in [2.24, 2.45) is 0 Å². The first-order chi connectivity index (χ1) is 12.4. The maximum atomic E-state index is 13.2. The van der Waals surface area contributed by atoms with Gasteiger partial charge in [0.25, 0.3) is 0 Å². The van der Waals surface area contributed by atoms with Crippen LogP contribution >= 0.6 is 0 Å². The molecule has 0 spiro atoms. The summed E-state index contributed by atoms with van der Waals surface area (Å²) in [5, 5.41) is 0. The quantitative estimate of drug-likeness (QED) is 0.820. The number of carbonyl (C=O) groups is 1. The standard InChI is InChI=1S/C18H25F3N4O/c19-18(20,21)15-6-5-7-22-17(15)25-12-10-23(11-13-25)14-16(26)24-8-3-1-2-4-9-24/h5-7H,1-4,8-14H2. The first-order valence-electron chi connectivity index (χ1n) is 9.22. The average Bonchev–Trinajstić information content (AvgIpc) is 2.91. The molecule has 1 aromatic rings. The van der Waals surface area contributed by atoms with Crippen molar-refractivity contribution in [1.82, 2.24) is 14.8 Å². The Morgan fingerprint density at radius 3 is 2.27 bits per heavy atom. The van der Waals surface area contributed by atoms with Crippen LogP contribution in [0.4, 0.5) is 19.0 Å². The van der Waals surface area contributed by atoms with Crippen molar-refractivity contribution >= 4 is 11.7 Å². The summed E-state index contributed by atoms with van der Waals surface area (Å²) in [5.74, 6) is 0.118. The molecule has 8 heteroatoms. The summed E-state index contributed by atoms with van der Waals surface area (Å²) in [4.78, 5) is 22.0. The molecule has 5 nitrogen and oxygen atoms in total. The molecule has 26 heavy (non-hydrogen) atoms. The highest BCUT2D eigenvalue weighted by molar-refractivity contribution is 5.78. The Balaban J connectivity index is 1.56. The summed E-state index contributed by atoms with van der Waals surface area (Å²) < 4.78 is 39.5. The van der Waals surface area contributed by atoms with E-state index >= 15 is 0 Å². The van der Waals surface area contributed by atoms with E-state index in [1.54, 1.807) is 4.90 Å². The number of hydrogen-bond donors (Lipinski definition) is 0. The maximum absolute atomic E-state index is 13.2. The first-order valence-corrected chi connectivity index (χ1v) is 9.22. The van der Waals surface area contributed by atoms with Crippen molar-refractivity contribution in [3.05, 3.63) is 23.9 Å². The third-order valence-corrected chi connectivity index (χ3v) is 5.08. The molecule has 0 saturated carbocycles. The van der Waals surface area contributed by atoms with Gasteiger partial charge in [-0.1, -0.05) is 12.8 Å². The third-order valence-electron chi connectivity index (χ3n) is 5.08. The minimum absolute atomic E-state index is 0.0153. The molecule has 0 atom stereocenters. The molecule has 0 N–H and O–H groups in total. The topological polar surface area (TPSA) is 39.7 Å². The Hall–Kier alpha value is -1.83. The van der Waals surface area contributed by atoms with Gasteiger partial charge in [-0.2, -0.15) is 13.2 Å². The van der Waals surface area contributed by atoms with Gasteiger partial charge in [-0.15, -0.1) is 0 Å². The minimum Gasteiger partial charge on any atom is -0.354 e. The predicted molar refractivity (Wildman–Crippen MR) is 92.9 cm³/mol. The number of nitrogens with zero attached hydrogens (tertiary/aromatic N) is 4. The largest absolute Gasteiger partial charge is 0.419 e. The number of alkyl halides is 3. The van der Waals surface area contributed by atoms with Crippen molar-refractivity contribution in [1.29, 1.82) is 0 Å². The van der Waals surface area contributed by atoms with E-state index in [-0.39, 0.29) is 11.7 Å². The van der Waals surface area contributed by atoms with Crippen LogP contribution < -0.4 is 4.90 Å². The van der Waals surface area contributed by atoms with Crippen molar-refractivity contribution in [3.63, 3.8) is 0 Å². The first kappa shape index (κ1) is 18.9. The van der Waals surface area contributed by atoms with Crippen molar-refractivity contribution in [3.8, 4) is 0 Å². The summed E-state index contributed by atoms with van der Waals surface area (Å²) in [6, 6.07) is 2.38. The molecule has 0 aliphatic carbocycles. The lowest BCUT2D eigenvalue weighted by Crippen LogP contribution is -2.50. The van der Waals surface area contributed by atoms with E-state index in [9.17, 15) is 18.0 Å². The molecule has 1 amide bonds. The number of piperazine rings is 1. The zero-order valence-electron chi connectivity index (χ0n) is 14.8. The van der Waals surface area contributed by atoms with Crippen LogP contribution in [0.1, 0.15) is 31.2 Å². The number of likely N-dealkylation sites (tertiary alicyclic amines) is 1. The Morgan fingerprint density at radius 1 is 1.00 bits per heavy atom. The fourth-order valence-electron chi connectivity index (χ4n) is 3.60. The number of hydrogen-bond acceptors (Lipinski definition) is 4. The van der Waals surface area contributed by atoms with Gasteiger partial charge in [-0.05, 0) is 25.0 Å². The second-order valence-corrected chi connectivity index (χ2v) is 6.93. The van der Waals surface area contributed by atoms with E-state index in [2.05, 4.69) is 4.98 Å². The van der Waals surface area contributed by atoms with E-state index < -0.39 is 11.7 Å². The van der Waals surface area contributed by atoms with E-state index in [1.807, 2.05) is 9.80 Å². The number of rotatable bonds is 3. The molecule has 0 radical (unpaired) electrons. The Morgan fingerprint density at radius 2 is 1.65 bits per heavy atom. The molecule has 3 heterocycles. The summed E-state index contributed by atoms with van der Waals surface area (Å²) in [6.07, 6.45) is 1.43. The molecule has 2 fully saturated rings. The molecule has 144 valence electrons. The molecule has 3 rings (SSSR count). The van der Waals surface area contributed by atoms with Crippen LogP contribution in [0.15, 0.2) is 18.3 Å². The second-order valence-electron chi connectivity index (χ2n) is 6.93. The van der Waals surface area contributed by atoms with Crippen molar-refractivity contribution in [2.45, 2.75) is 31.9 Å². The molecular formula is C18H25F3N4O. The molecular weight excluding hydrogens is 345 g/mol. The van der Waals surface area contributed by atoms with E-state index in [1.165, 1.54) is 25.1 Å². The normalized spacial score (nSPS) is 20.1. The number of pyridine rings is 1. The van der Waals surface area contributed by atoms with Crippen molar-refractivity contribution < 1.29 is 18.0 Å². The van der Waals surface area contributed by atoms with Crippen LogP contribution in [-0.4, -0.2) is 66.5 Å². The van der Waals surface area contributed by atoms with Crippen molar-refractivity contribution in [2.75, 3.05) is 50.7 Å². The zero-order chi connectivity index (χ0) is 18.6. The molecule has 0 unspecified atom stereocenters. The van der Waals surface area contributed by atoms with Gasteiger partial charge < -0.3 is 9.80 Å². The van der Waals surface area contributed by atoms with Gasteiger partial charge in [0.05, 0.1) is 12.1 Å². The molecule has 0 bridgehead atoms. The van der Waals surface area contributed by atoms with Crippen LogP contribution in [0.5, 0.6) is 0 Å². The maximum Gasteiger partial charge on any atom is 0.419 e. The fourth-order valence-corrected chi connectivity index (χ4v) is 3.60. The SMILES string of the molecule is O=C(CN1CCN(c2ncccc2C(F)(F)F)CC1)N1CCCCCC1. The lowest BCUT2D eigenvalue weighted by molar-refractivity contribution is -0.137. The summed E-state index contributed by atoms with van der Waals surface area (Å²) in [7, 11) is 0. The molecule has 1 aromatic heterocycles. The van der Waals surface area contributed by atoms with E-state index in [0.29, 0.717) is 32.7 Å². The van der Waals surface area contributed by atoms with Crippen LogP contribution in [0.25, 0.3) is 0 Å². The van der Waals surface area contributed by atoms with Gasteiger partial charge in [0.1, 0.15) is 5.82 Å². The zero-order valence-corrected chi connectivity index (χ0v) is 14.8. The predicted octanol–water partition coefficient (Wildman–Crippen LogP) is 2.63. The van der Waals surface area contributed by atoms with Crippen LogP contribution in [-0.2, 0) is 11.0 Å². The van der Waals surface area contributed by atoms with Gasteiger partial charge in [0.15, 0.2) is 0 Å². The van der Waals surface area contributed by atoms with Crippen LogP contribution in [0, 0.1) is 0 Å². The number of halogens is 3. The number of anilines is 1. The summed E-state index contributed by atoms with van der Waals surface area (Å²) >= 11 is 0. The highest BCUT2D eigenvalue weighted by atomic mass is 19.4. The van der Waals surface area contributed by atoms with E-state index in [4.69, 9.17) is 0 Å². The van der Waals surface area contributed by atoms with Crippen LogP contribution in [0.2, 0.25) is 0 Å². The number of amides is 1. The fraction of sp³-hybridized carbons (Fsp3) is 0.667. The summed E-state index contributed by atoms with van der Waals surface area (Å²) in [5.41, 5.74) is -0.700. The molecule has 2 aliphatic rings. The van der Waals surface area contributed by atoms with Crippen LogP contribution in [0.3, 0.4) is 0 Å².